The second-order valence-electron chi connectivity index (χ2n) is 2.85. The second kappa shape index (κ2) is 5.50. The van der Waals surface area contributed by atoms with E-state index >= 15 is 0 Å². The summed E-state index contributed by atoms with van der Waals surface area (Å²) in [5, 5.41) is 8.76. The quantitative estimate of drug-likeness (QED) is 0.668. The zero-order chi connectivity index (χ0) is 13.0. The molecule has 17 heavy (non-hydrogen) atoms. The van der Waals surface area contributed by atoms with Crippen LogP contribution < -0.4 is 4.74 Å². The SMILES string of the molecule is COC(=O)c1cc(OC(F)F)cc(C#N)c1S. The molecule has 0 saturated carbocycles. The summed E-state index contributed by atoms with van der Waals surface area (Å²) in [5.41, 5.74) is -0.155. The van der Waals surface area contributed by atoms with E-state index in [9.17, 15) is 13.6 Å². The van der Waals surface area contributed by atoms with Crippen LogP contribution in [0.5, 0.6) is 5.75 Å². The summed E-state index contributed by atoms with van der Waals surface area (Å²) in [6.45, 7) is -3.04. The maximum atomic E-state index is 12.0. The van der Waals surface area contributed by atoms with Gasteiger partial charge in [0.1, 0.15) is 11.8 Å². The minimum absolute atomic E-state index is 0.0492. The molecule has 90 valence electrons. The van der Waals surface area contributed by atoms with Gasteiger partial charge in [-0.1, -0.05) is 0 Å². The van der Waals surface area contributed by atoms with E-state index in [0.29, 0.717) is 0 Å². The molecule has 1 aromatic rings. The predicted octanol–water partition coefficient (Wildman–Crippen LogP) is 2.23. The third-order valence-corrected chi connectivity index (χ3v) is 2.32. The Morgan fingerprint density at radius 3 is 2.65 bits per heavy atom. The van der Waals surface area contributed by atoms with Gasteiger partial charge in [0.15, 0.2) is 0 Å². The summed E-state index contributed by atoms with van der Waals surface area (Å²) in [5.74, 6) is -1.08. The molecule has 7 heteroatoms. The van der Waals surface area contributed by atoms with E-state index in [1.165, 1.54) is 0 Å². The number of carbonyl (C=O) groups is 1. The Kier molecular flexibility index (Phi) is 4.29. The Labute approximate surface area is 101 Å². The molecule has 0 aliphatic heterocycles. The van der Waals surface area contributed by atoms with E-state index in [4.69, 9.17) is 5.26 Å². The Morgan fingerprint density at radius 1 is 1.53 bits per heavy atom. The average molecular weight is 259 g/mol. The number of ether oxygens (including phenoxy) is 2. The van der Waals surface area contributed by atoms with Crippen molar-refractivity contribution in [1.29, 1.82) is 5.26 Å². The van der Waals surface area contributed by atoms with Crippen molar-refractivity contribution in [3.05, 3.63) is 23.3 Å². The maximum absolute atomic E-state index is 12.0. The fourth-order valence-electron chi connectivity index (χ4n) is 1.13. The molecule has 0 fully saturated rings. The van der Waals surface area contributed by atoms with Crippen molar-refractivity contribution in [3.8, 4) is 11.8 Å². The zero-order valence-corrected chi connectivity index (χ0v) is 9.50. The smallest absolute Gasteiger partial charge is 0.387 e. The van der Waals surface area contributed by atoms with E-state index in [1.807, 2.05) is 0 Å². The Bertz CT molecular complexity index is 485. The lowest BCUT2D eigenvalue weighted by molar-refractivity contribution is -0.0499. The van der Waals surface area contributed by atoms with Crippen LogP contribution in [-0.2, 0) is 4.74 Å². The van der Waals surface area contributed by atoms with Crippen molar-refractivity contribution in [1.82, 2.24) is 0 Å². The molecule has 0 aromatic heterocycles. The molecule has 0 aliphatic rings. The number of hydrogen-bond donors (Lipinski definition) is 1. The first kappa shape index (κ1) is 13.3. The van der Waals surface area contributed by atoms with E-state index in [-0.39, 0.29) is 21.8 Å². The first-order valence-corrected chi connectivity index (χ1v) is 4.74. The lowest BCUT2D eigenvalue weighted by Crippen LogP contribution is -2.07. The number of esters is 1. The van der Waals surface area contributed by atoms with Gasteiger partial charge in [0.25, 0.3) is 0 Å². The number of halogens is 2. The molecule has 0 unspecified atom stereocenters. The molecule has 0 amide bonds. The Morgan fingerprint density at radius 2 is 2.18 bits per heavy atom. The van der Waals surface area contributed by atoms with Crippen LogP contribution in [0.2, 0.25) is 0 Å². The first-order chi connectivity index (χ1) is 7.99. The minimum Gasteiger partial charge on any atom is -0.465 e. The fraction of sp³-hybridized carbons (Fsp3) is 0.200. The standard InChI is InChI=1S/C10H7F2NO3S/c1-15-9(14)7-3-6(16-10(11)12)2-5(4-13)8(7)17/h2-3,10,17H,1H3. The highest BCUT2D eigenvalue weighted by Gasteiger charge is 2.17. The summed E-state index contributed by atoms with van der Waals surface area (Å²) >= 11 is 3.96. The topological polar surface area (TPSA) is 59.3 Å². The van der Waals surface area contributed by atoms with Crippen molar-refractivity contribution in [2.24, 2.45) is 0 Å². The molecule has 1 rings (SSSR count). The lowest BCUT2D eigenvalue weighted by atomic mass is 10.1. The van der Waals surface area contributed by atoms with Gasteiger partial charge in [-0.15, -0.1) is 12.6 Å². The van der Waals surface area contributed by atoms with Gasteiger partial charge in [-0.25, -0.2) is 4.79 Å². The van der Waals surface area contributed by atoms with Crippen LogP contribution in [0.25, 0.3) is 0 Å². The maximum Gasteiger partial charge on any atom is 0.387 e. The van der Waals surface area contributed by atoms with Crippen LogP contribution in [0.1, 0.15) is 15.9 Å². The summed E-state index contributed by atoms with van der Waals surface area (Å²) in [7, 11) is 1.13. The highest BCUT2D eigenvalue weighted by atomic mass is 32.1. The summed E-state index contributed by atoms with van der Waals surface area (Å²) in [4.78, 5) is 11.4. The highest BCUT2D eigenvalue weighted by molar-refractivity contribution is 7.80. The zero-order valence-electron chi connectivity index (χ0n) is 8.61. The number of hydrogen-bond acceptors (Lipinski definition) is 5. The van der Waals surface area contributed by atoms with Gasteiger partial charge in [-0.2, -0.15) is 14.0 Å². The molecule has 0 bridgehead atoms. The third-order valence-electron chi connectivity index (χ3n) is 1.83. The number of rotatable bonds is 3. The fourth-order valence-corrected chi connectivity index (χ4v) is 1.40. The molecule has 0 radical (unpaired) electrons. The van der Waals surface area contributed by atoms with Crippen molar-refractivity contribution >= 4 is 18.6 Å². The van der Waals surface area contributed by atoms with Gasteiger partial charge >= 0.3 is 12.6 Å². The second-order valence-corrected chi connectivity index (χ2v) is 3.30. The number of methoxy groups -OCH3 is 1. The van der Waals surface area contributed by atoms with E-state index < -0.39 is 12.6 Å². The molecule has 0 N–H and O–H groups in total. The van der Waals surface area contributed by atoms with E-state index in [0.717, 1.165) is 19.2 Å². The molecule has 0 spiro atoms. The predicted molar refractivity (Wildman–Crippen MR) is 56.4 cm³/mol. The molecular weight excluding hydrogens is 252 g/mol. The van der Waals surface area contributed by atoms with Crippen molar-refractivity contribution in [2.75, 3.05) is 7.11 Å². The summed E-state index contributed by atoms with van der Waals surface area (Å²) in [6.07, 6.45) is 0. The molecule has 0 aliphatic carbocycles. The molecule has 4 nitrogen and oxygen atoms in total. The van der Waals surface area contributed by atoms with Crippen molar-refractivity contribution in [2.45, 2.75) is 11.5 Å². The van der Waals surface area contributed by atoms with Crippen LogP contribution in [0.3, 0.4) is 0 Å². The average Bonchev–Trinajstić information content (AvgIpc) is 2.29. The highest BCUT2D eigenvalue weighted by Crippen LogP contribution is 2.27. The summed E-state index contributed by atoms with van der Waals surface area (Å²) < 4.78 is 32.6. The van der Waals surface area contributed by atoms with Gasteiger partial charge in [-0.3, -0.25) is 0 Å². The summed E-state index contributed by atoms with van der Waals surface area (Å²) in [6, 6.07) is 3.83. The van der Waals surface area contributed by atoms with Gasteiger partial charge < -0.3 is 9.47 Å². The number of thiol groups is 1. The van der Waals surface area contributed by atoms with Crippen molar-refractivity contribution in [3.63, 3.8) is 0 Å². The third kappa shape index (κ3) is 3.07. The van der Waals surface area contributed by atoms with Gasteiger partial charge in [0.05, 0.1) is 18.2 Å². The number of nitrogens with zero attached hydrogens (tertiary/aromatic N) is 1. The van der Waals surface area contributed by atoms with Crippen LogP contribution in [0, 0.1) is 11.3 Å². The molecule has 0 heterocycles. The number of alkyl halides is 2. The number of carbonyl (C=O) groups excluding carboxylic acids is 1. The molecular formula is C10H7F2NO3S. The van der Waals surface area contributed by atoms with Gasteiger partial charge in [0.2, 0.25) is 0 Å². The van der Waals surface area contributed by atoms with Crippen molar-refractivity contribution < 1.29 is 23.0 Å². The van der Waals surface area contributed by atoms with E-state index in [2.05, 4.69) is 22.1 Å². The van der Waals surface area contributed by atoms with Crippen LogP contribution in [0.15, 0.2) is 17.0 Å². The van der Waals surface area contributed by atoms with Gasteiger partial charge in [-0.05, 0) is 12.1 Å². The monoisotopic (exact) mass is 259 g/mol. The minimum atomic E-state index is -3.04. The normalized spacial score (nSPS) is 9.88. The largest absolute Gasteiger partial charge is 0.465 e. The van der Waals surface area contributed by atoms with Crippen LogP contribution in [0.4, 0.5) is 8.78 Å². The molecule has 1 aromatic carbocycles. The Hall–Kier alpha value is -1.81. The number of nitriles is 1. The van der Waals surface area contributed by atoms with E-state index in [1.54, 1.807) is 6.07 Å². The van der Waals surface area contributed by atoms with Crippen LogP contribution >= 0.6 is 12.6 Å². The first-order valence-electron chi connectivity index (χ1n) is 4.29. The van der Waals surface area contributed by atoms with Gasteiger partial charge in [0, 0.05) is 4.90 Å². The lowest BCUT2D eigenvalue weighted by Gasteiger charge is -2.09. The molecule has 0 saturated heterocycles. The molecule has 0 atom stereocenters. The Balaban J connectivity index is 3.29. The van der Waals surface area contributed by atoms with Crippen LogP contribution in [-0.4, -0.2) is 19.7 Å². The number of benzene rings is 1.